The van der Waals surface area contributed by atoms with E-state index in [1.54, 1.807) is 24.3 Å². The molecule has 0 atom stereocenters. The minimum Gasteiger partial charge on any atom is -0.496 e. The number of nitrogens with zero attached hydrogens (tertiary/aromatic N) is 2. The average molecular weight is 435 g/mol. The van der Waals surface area contributed by atoms with Crippen LogP contribution in [0, 0.1) is 0 Å². The number of carbonyl (C=O) groups excluding carboxylic acids is 1. The van der Waals surface area contributed by atoms with Crippen LogP contribution in [0.25, 0.3) is 22.2 Å². The molecule has 4 aromatic rings. The van der Waals surface area contributed by atoms with E-state index in [9.17, 15) is 4.79 Å². The van der Waals surface area contributed by atoms with Crippen molar-refractivity contribution in [3.05, 3.63) is 54.1 Å². The molecule has 0 spiro atoms. The van der Waals surface area contributed by atoms with Gasteiger partial charge in [0.05, 0.1) is 34.0 Å². The third-order valence-corrected chi connectivity index (χ3v) is 4.87. The molecule has 0 saturated carbocycles. The van der Waals surface area contributed by atoms with Crippen molar-refractivity contribution in [3.8, 4) is 34.5 Å². The fraction of sp³-hybridized carbons (Fsp3) is 0.174. The van der Waals surface area contributed by atoms with Gasteiger partial charge in [-0.1, -0.05) is 29.4 Å². The highest BCUT2D eigenvalue weighted by molar-refractivity contribution is 6.08. The van der Waals surface area contributed by atoms with Crippen molar-refractivity contribution < 1.29 is 28.2 Å². The largest absolute Gasteiger partial charge is 0.496 e. The third kappa shape index (κ3) is 3.87. The van der Waals surface area contributed by atoms with Crippen molar-refractivity contribution in [3.63, 3.8) is 0 Å². The fourth-order valence-corrected chi connectivity index (χ4v) is 3.33. The first kappa shape index (κ1) is 21.0. The van der Waals surface area contributed by atoms with Crippen LogP contribution in [0.3, 0.4) is 0 Å². The number of hydrogen-bond acceptors (Lipinski definition) is 8. The van der Waals surface area contributed by atoms with E-state index in [1.165, 1.54) is 28.4 Å². The van der Waals surface area contributed by atoms with E-state index in [-0.39, 0.29) is 11.9 Å². The predicted molar refractivity (Wildman–Crippen MR) is 118 cm³/mol. The van der Waals surface area contributed by atoms with Crippen molar-refractivity contribution >= 4 is 22.7 Å². The average Bonchev–Trinajstić information content (AvgIpc) is 3.30. The number of nitrogens with one attached hydrogen (secondary N) is 1. The van der Waals surface area contributed by atoms with Gasteiger partial charge in [0, 0.05) is 5.56 Å². The van der Waals surface area contributed by atoms with E-state index in [0.717, 1.165) is 10.8 Å². The summed E-state index contributed by atoms with van der Waals surface area (Å²) in [5, 5.41) is 12.4. The molecule has 0 fully saturated rings. The molecule has 0 saturated heterocycles. The van der Waals surface area contributed by atoms with Gasteiger partial charge in [0.15, 0.2) is 11.5 Å². The number of methoxy groups -OCH3 is 4. The Balaban J connectivity index is 1.63. The van der Waals surface area contributed by atoms with Gasteiger partial charge in [0.25, 0.3) is 5.91 Å². The van der Waals surface area contributed by atoms with Crippen molar-refractivity contribution in [1.29, 1.82) is 0 Å². The van der Waals surface area contributed by atoms with Gasteiger partial charge in [0.2, 0.25) is 11.6 Å². The lowest BCUT2D eigenvalue weighted by Gasteiger charge is -2.12. The Morgan fingerprint density at radius 2 is 1.44 bits per heavy atom. The normalized spacial score (nSPS) is 10.6. The van der Waals surface area contributed by atoms with E-state index in [0.29, 0.717) is 34.1 Å². The smallest absolute Gasteiger partial charge is 0.322 e. The van der Waals surface area contributed by atoms with E-state index in [2.05, 4.69) is 15.5 Å². The molecule has 1 amide bonds. The van der Waals surface area contributed by atoms with Crippen LogP contribution in [0.15, 0.2) is 52.9 Å². The maximum Gasteiger partial charge on any atom is 0.322 e. The summed E-state index contributed by atoms with van der Waals surface area (Å²) in [4.78, 5) is 12.9. The number of hydrogen-bond donors (Lipinski definition) is 1. The number of amides is 1. The predicted octanol–water partition coefficient (Wildman–Crippen LogP) is 4.18. The summed E-state index contributed by atoms with van der Waals surface area (Å²) in [6.45, 7) is 0. The van der Waals surface area contributed by atoms with Gasteiger partial charge < -0.3 is 23.4 Å². The van der Waals surface area contributed by atoms with Crippen LogP contribution in [0.2, 0.25) is 0 Å². The van der Waals surface area contributed by atoms with E-state index < -0.39 is 5.91 Å². The molecule has 0 unspecified atom stereocenters. The van der Waals surface area contributed by atoms with Gasteiger partial charge in [-0.05, 0) is 35.0 Å². The Hall–Kier alpha value is -4.27. The number of ether oxygens (including phenoxy) is 4. The molecular weight excluding hydrogens is 414 g/mol. The molecule has 3 aromatic carbocycles. The fourth-order valence-electron chi connectivity index (χ4n) is 3.33. The third-order valence-electron chi connectivity index (χ3n) is 4.87. The molecule has 1 heterocycles. The number of benzene rings is 3. The van der Waals surface area contributed by atoms with Gasteiger partial charge in [-0.2, -0.15) is 0 Å². The zero-order valence-corrected chi connectivity index (χ0v) is 18.0. The van der Waals surface area contributed by atoms with Crippen molar-refractivity contribution in [2.24, 2.45) is 0 Å². The molecule has 0 aliphatic rings. The lowest BCUT2D eigenvalue weighted by Crippen LogP contribution is -2.13. The Labute approximate surface area is 183 Å². The maximum absolute atomic E-state index is 12.9. The summed E-state index contributed by atoms with van der Waals surface area (Å²) < 4.78 is 27.1. The molecular formula is C23H21N3O6. The molecule has 9 nitrogen and oxygen atoms in total. The maximum atomic E-state index is 12.9. The van der Waals surface area contributed by atoms with Crippen LogP contribution in [-0.4, -0.2) is 44.5 Å². The number of rotatable bonds is 7. The first-order valence-corrected chi connectivity index (χ1v) is 9.60. The Kier molecular flexibility index (Phi) is 5.80. The molecule has 1 N–H and O–H groups in total. The highest BCUT2D eigenvalue weighted by Crippen LogP contribution is 2.41. The van der Waals surface area contributed by atoms with Crippen molar-refractivity contribution in [2.45, 2.75) is 0 Å². The molecule has 0 radical (unpaired) electrons. The minimum absolute atomic E-state index is 0.0611. The highest BCUT2D eigenvalue weighted by atomic mass is 16.5. The second kappa shape index (κ2) is 8.84. The second-order valence-electron chi connectivity index (χ2n) is 6.68. The first-order valence-electron chi connectivity index (χ1n) is 9.60. The molecule has 4 rings (SSSR count). The number of aromatic nitrogens is 2. The number of anilines is 1. The van der Waals surface area contributed by atoms with E-state index >= 15 is 0 Å². The van der Waals surface area contributed by atoms with Crippen molar-refractivity contribution in [1.82, 2.24) is 10.2 Å². The second-order valence-corrected chi connectivity index (χ2v) is 6.68. The van der Waals surface area contributed by atoms with Gasteiger partial charge in [-0.3, -0.25) is 10.1 Å². The number of carbonyl (C=O) groups is 1. The SMILES string of the molecule is COc1cc2ccccc2cc1C(=O)Nc1nnc(-c2cc(OC)c(OC)c(OC)c2)o1. The monoisotopic (exact) mass is 435 g/mol. The molecule has 1 aromatic heterocycles. The van der Waals surface area contributed by atoms with Gasteiger partial charge >= 0.3 is 6.01 Å². The molecule has 0 aliphatic carbocycles. The molecule has 0 aliphatic heterocycles. The van der Waals surface area contributed by atoms with Crippen molar-refractivity contribution in [2.75, 3.05) is 33.8 Å². The Morgan fingerprint density at radius 3 is 2.03 bits per heavy atom. The van der Waals surface area contributed by atoms with Gasteiger partial charge in [0.1, 0.15) is 5.75 Å². The lowest BCUT2D eigenvalue weighted by atomic mass is 10.1. The van der Waals surface area contributed by atoms with Crippen LogP contribution >= 0.6 is 0 Å². The molecule has 164 valence electrons. The van der Waals surface area contributed by atoms with Crippen LogP contribution in [0.5, 0.6) is 23.0 Å². The van der Waals surface area contributed by atoms with Crippen LogP contribution in [0.4, 0.5) is 6.01 Å². The zero-order chi connectivity index (χ0) is 22.7. The summed E-state index contributed by atoms with van der Waals surface area (Å²) in [7, 11) is 6.05. The Morgan fingerprint density at radius 1 is 0.812 bits per heavy atom. The standard InChI is InChI=1S/C23H21N3O6/c1-28-17-10-14-8-6-5-7-13(14)9-16(17)21(27)24-23-26-25-22(32-23)15-11-18(29-2)20(31-4)19(12-15)30-3/h5-12H,1-4H3,(H,24,26,27). The minimum atomic E-state index is -0.437. The van der Waals surface area contributed by atoms with Gasteiger partial charge in [-0.15, -0.1) is 5.10 Å². The number of fused-ring (bicyclic) bond motifs is 1. The highest BCUT2D eigenvalue weighted by Gasteiger charge is 2.20. The topological polar surface area (TPSA) is 105 Å². The summed E-state index contributed by atoms with van der Waals surface area (Å²) in [6, 6.07) is 14.5. The first-order chi connectivity index (χ1) is 15.6. The van der Waals surface area contributed by atoms with Crippen LogP contribution in [0.1, 0.15) is 10.4 Å². The van der Waals surface area contributed by atoms with Gasteiger partial charge in [-0.25, -0.2) is 0 Å². The molecule has 0 bridgehead atoms. The summed E-state index contributed by atoms with van der Waals surface area (Å²) in [5.41, 5.74) is 0.884. The molecule has 9 heteroatoms. The summed E-state index contributed by atoms with van der Waals surface area (Å²) >= 11 is 0. The summed E-state index contributed by atoms with van der Waals surface area (Å²) in [6.07, 6.45) is 0. The Bertz CT molecular complexity index is 1260. The van der Waals surface area contributed by atoms with E-state index in [4.69, 9.17) is 23.4 Å². The van der Waals surface area contributed by atoms with Crippen LogP contribution in [-0.2, 0) is 0 Å². The molecule has 32 heavy (non-hydrogen) atoms. The van der Waals surface area contributed by atoms with E-state index in [1.807, 2.05) is 24.3 Å². The summed E-state index contributed by atoms with van der Waals surface area (Å²) in [5.74, 6) is 1.48. The quantitative estimate of drug-likeness (QED) is 0.461. The zero-order valence-electron chi connectivity index (χ0n) is 18.0. The lowest BCUT2D eigenvalue weighted by molar-refractivity contribution is 0.102. The van der Waals surface area contributed by atoms with Crippen LogP contribution < -0.4 is 24.3 Å².